The quantitative estimate of drug-likeness (QED) is 0.686. The van der Waals surface area contributed by atoms with E-state index in [2.05, 4.69) is 5.32 Å². The highest BCUT2D eigenvalue weighted by Crippen LogP contribution is 2.24. The first-order valence-corrected chi connectivity index (χ1v) is 9.49. The smallest absolute Gasteiger partial charge is 0.338 e. The summed E-state index contributed by atoms with van der Waals surface area (Å²) < 4.78 is 33.0. The summed E-state index contributed by atoms with van der Waals surface area (Å²) >= 11 is 0. The molecule has 3 N–H and O–H groups in total. The number of carbonyl (C=O) groups excluding carboxylic acids is 2. The fourth-order valence-electron chi connectivity index (χ4n) is 2.35. The molecule has 27 heavy (non-hydrogen) atoms. The minimum absolute atomic E-state index is 0.00322. The maximum absolute atomic E-state index is 12.1. The van der Waals surface area contributed by atoms with Gasteiger partial charge in [-0.3, -0.25) is 4.79 Å². The van der Waals surface area contributed by atoms with E-state index < -0.39 is 28.5 Å². The van der Waals surface area contributed by atoms with Crippen LogP contribution >= 0.6 is 0 Å². The molecule has 1 amide bonds. The number of sulfonamides is 1. The fourth-order valence-corrected chi connectivity index (χ4v) is 3.07. The summed E-state index contributed by atoms with van der Waals surface area (Å²) in [5, 5.41) is 7.82. The third kappa shape index (κ3) is 5.53. The van der Waals surface area contributed by atoms with Gasteiger partial charge < -0.3 is 14.8 Å². The number of hydrogen-bond acceptors (Lipinski definition) is 6. The number of hydrogen-bond donors (Lipinski definition) is 2. The molecule has 0 saturated carbocycles. The number of benzene rings is 2. The van der Waals surface area contributed by atoms with Crippen molar-refractivity contribution >= 4 is 21.9 Å². The molecule has 0 radical (unpaired) electrons. The molecule has 1 unspecified atom stereocenters. The van der Waals surface area contributed by atoms with Crippen LogP contribution in [0.4, 0.5) is 0 Å². The molecule has 0 saturated heterocycles. The molecule has 2 aromatic rings. The molecule has 0 aliphatic rings. The lowest BCUT2D eigenvalue weighted by Crippen LogP contribution is -2.31. The van der Waals surface area contributed by atoms with E-state index in [0.29, 0.717) is 0 Å². The number of rotatable bonds is 7. The summed E-state index contributed by atoms with van der Waals surface area (Å²) in [6.07, 6.45) is 0. The number of methoxy groups -OCH3 is 1. The van der Waals surface area contributed by atoms with Gasteiger partial charge in [-0.25, -0.2) is 18.4 Å². The Balaban J connectivity index is 2.00. The Morgan fingerprint density at radius 2 is 1.81 bits per heavy atom. The van der Waals surface area contributed by atoms with Gasteiger partial charge in [-0.15, -0.1) is 0 Å². The second-order valence-corrected chi connectivity index (χ2v) is 7.22. The predicted octanol–water partition coefficient (Wildman–Crippen LogP) is 1.38. The molecule has 0 aliphatic carbocycles. The van der Waals surface area contributed by atoms with E-state index in [0.717, 1.165) is 11.6 Å². The van der Waals surface area contributed by atoms with Crippen molar-refractivity contribution in [1.82, 2.24) is 5.32 Å². The van der Waals surface area contributed by atoms with Crippen LogP contribution in [0.3, 0.4) is 0 Å². The molecule has 0 aliphatic heterocycles. The highest BCUT2D eigenvalue weighted by atomic mass is 32.2. The van der Waals surface area contributed by atoms with Gasteiger partial charge in [0.05, 0.1) is 18.7 Å². The van der Waals surface area contributed by atoms with Gasteiger partial charge in [0.25, 0.3) is 5.91 Å². The number of ether oxygens (including phenoxy) is 2. The lowest BCUT2D eigenvalue weighted by molar-refractivity contribution is -0.124. The monoisotopic (exact) mass is 392 g/mol. The minimum Gasteiger partial charge on any atom is -0.495 e. The Morgan fingerprint density at radius 1 is 1.15 bits per heavy atom. The summed E-state index contributed by atoms with van der Waals surface area (Å²) in [4.78, 5) is 23.7. The topological polar surface area (TPSA) is 125 Å². The first kappa shape index (κ1) is 20.4. The van der Waals surface area contributed by atoms with E-state index in [9.17, 15) is 18.0 Å². The van der Waals surface area contributed by atoms with Crippen LogP contribution in [0.5, 0.6) is 5.75 Å². The van der Waals surface area contributed by atoms with Crippen LogP contribution in [0.2, 0.25) is 0 Å². The van der Waals surface area contributed by atoms with E-state index >= 15 is 0 Å². The minimum atomic E-state index is -4.09. The Hall–Kier alpha value is -2.91. The first-order chi connectivity index (χ1) is 12.7. The van der Waals surface area contributed by atoms with Crippen molar-refractivity contribution < 1.29 is 27.5 Å². The van der Waals surface area contributed by atoms with Gasteiger partial charge in [0.15, 0.2) is 6.61 Å². The second kappa shape index (κ2) is 8.65. The Bertz CT molecular complexity index is 928. The summed E-state index contributed by atoms with van der Waals surface area (Å²) in [5.41, 5.74) is 0.842. The predicted molar refractivity (Wildman–Crippen MR) is 97.6 cm³/mol. The number of nitrogens with two attached hydrogens (primary N) is 1. The molecule has 0 bridgehead atoms. The highest BCUT2D eigenvalue weighted by molar-refractivity contribution is 7.89. The zero-order valence-electron chi connectivity index (χ0n) is 14.8. The molecule has 2 aromatic carbocycles. The SMILES string of the molecule is COc1ccc(C(=O)OCC(=O)NC(C)c2ccccc2)cc1S(N)(=O)=O. The van der Waals surface area contributed by atoms with E-state index in [1.165, 1.54) is 19.2 Å². The number of amides is 1. The maximum atomic E-state index is 12.1. The van der Waals surface area contributed by atoms with Gasteiger partial charge in [0.1, 0.15) is 10.6 Å². The van der Waals surface area contributed by atoms with E-state index in [4.69, 9.17) is 14.6 Å². The third-order valence-electron chi connectivity index (χ3n) is 3.72. The van der Waals surface area contributed by atoms with Crippen molar-refractivity contribution in [3.05, 3.63) is 59.7 Å². The van der Waals surface area contributed by atoms with Gasteiger partial charge in [0.2, 0.25) is 10.0 Å². The molecule has 0 fully saturated rings. The zero-order chi connectivity index (χ0) is 20.0. The first-order valence-electron chi connectivity index (χ1n) is 7.94. The van der Waals surface area contributed by atoms with Crippen LogP contribution < -0.4 is 15.2 Å². The number of carbonyl (C=O) groups is 2. The van der Waals surface area contributed by atoms with Crippen LogP contribution in [0.1, 0.15) is 28.9 Å². The fraction of sp³-hybridized carbons (Fsp3) is 0.222. The average molecular weight is 392 g/mol. The molecule has 1 atom stereocenters. The molecule has 9 heteroatoms. The lowest BCUT2D eigenvalue weighted by atomic mass is 10.1. The molecular weight excluding hydrogens is 372 g/mol. The van der Waals surface area contributed by atoms with Crippen LogP contribution in [0.25, 0.3) is 0 Å². The van der Waals surface area contributed by atoms with Gasteiger partial charge in [-0.05, 0) is 30.7 Å². The average Bonchev–Trinajstić information content (AvgIpc) is 2.65. The van der Waals surface area contributed by atoms with Crippen molar-refractivity contribution in [1.29, 1.82) is 0 Å². The van der Waals surface area contributed by atoms with Gasteiger partial charge >= 0.3 is 5.97 Å². The molecule has 0 aromatic heterocycles. The normalized spacial score (nSPS) is 12.1. The standard InChI is InChI=1S/C18H20N2O6S/c1-12(13-6-4-3-5-7-13)20-17(21)11-26-18(22)14-8-9-15(25-2)16(10-14)27(19,23)24/h3-10,12H,11H2,1-2H3,(H,20,21)(H2,19,23,24). The molecule has 0 spiro atoms. The molecule has 0 heterocycles. The summed E-state index contributed by atoms with van der Waals surface area (Å²) in [6, 6.07) is 12.7. The molecular formula is C18H20N2O6S. The number of primary sulfonamides is 1. The van der Waals surface area contributed by atoms with E-state index in [1.807, 2.05) is 30.3 Å². The Labute approximate surface area is 157 Å². The lowest BCUT2D eigenvalue weighted by Gasteiger charge is -2.14. The van der Waals surface area contributed by atoms with Crippen LogP contribution in [-0.4, -0.2) is 34.0 Å². The number of nitrogens with one attached hydrogen (secondary N) is 1. The largest absolute Gasteiger partial charge is 0.495 e. The molecule has 144 valence electrons. The van der Waals surface area contributed by atoms with Crippen molar-refractivity contribution in [3.8, 4) is 5.75 Å². The molecule has 8 nitrogen and oxygen atoms in total. The van der Waals surface area contributed by atoms with Gasteiger partial charge in [0, 0.05) is 0 Å². The van der Waals surface area contributed by atoms with Crippen LogP contribution in [0.15, 0.2) is 53.4 Å². The maximum Gasteiger partial charge on any atom is 0.338 e. The van der Waals surface area contributed by atoms with Gasteiger partial charge in [-0.2, -0.15) is 0 Å². The van der Waals surface area contributed by atoms with Crippen molar-refractivity contribution in [2.75, 3.05) is 13.7 Å². The van der Waals surface area contributed by atoms with Crippen molar-refractivity contribution in [3.63, 3.8) is 0 Å². The Kier molecular flexibility index (Phi) is 6.54. The number of esters is 1. The van der Waals surface area contributed by atoms with Gasteiger partial charge in [-0.1, -0.05) is 30.3 Å². The van der Waals surface area contributed by atoms with Crippen LogP contribution in [0, 0.1) is 0 Å². The summed E-state index contributed by atoms with van der Waals surface area (Å²) in [7, 11) is -2.81. The summed E-state index contributed by atoms with van der Waals surface area (Å²) in [6.45, 7) is 1.30. The third-order valence-corrected chi connectivity index (χ3v) is 4.65. The van der Waals surface area contributed by atoms with Crippen molar-refractivity contribution in [2.45, 2.75) is 17.9 Å². The highest BCUT2D eigenvalue weighted by Gasteiger charge is 2.19. The summed E-state index contributed by atoms with van der Waals surface area (Å²) in [5.74, 6) is -1.34. The van der Waals surface area contributed by atoms with E-state index in [1.54, 1.807) is 6.92 Å². The Morgan fingerprint density at radius 3 is 2.41 bits per heavy atom. The molecule has 2 rings (SSSR count). The van der Waals surface area contributed by atoms with Crippen LogP contribution in [-0.2, 0) is 19.6 Å². The van der Waals surface area contributed by atoms with E-state index in [-0.39, 0.29) is 22.3 Å². The zero-order valence-corrected chi connectivity index (χ0v) is 15.7. The second-order valence-electron chi connectivity index (χ2n) is 5.69. The van der Waals surface area contributed by atoms with Crippen molar-refractivity contribution in [2.24, 2.45) is 5.14 Å².